The SMILES string of the molecule is O=C1C(c2cccc(F)c2F)CCCCN1Cc1ccccn1. The molecule has 0 saturated carbocycles. The van der Waals surface area contributed by atoms with Gasteiger partial charge >= 0.3 is 0 Å². The molecule has 1 aliphatic heterocycles. The van der Waals surface area contributed by atoms with Gasteiger partial charge in [0.15, 0.2) is 11.6 Å². The fraction of sp³-hybridized carbons (Fsp3) is 0.333. The Morgan fingerprint density at radius 1 is 1.13 bits per heavy atom. The first-order chi connectivity index (χ1) is 11.2. The monoisotopic (exact) mass is 316 g/mol. The molecule has 1 aromatic heterocycles. The maximum Gasteiger partial charge on any atom is 0.230 e. The fourth-order valence-electron chi connectivity index (χ4n) is 3.03. The van der Waals surface area contributed by atoms with E-state index in [-0.39, 0.29) is 11.5 Å². The topological polar surface area (TPSA) is 33.2 Å². The molecule has 0 aliphatic carbocycles. The summed E-state index contributed by atoms with van der Waals surface area (Å²) in [7, 11) is 0. The van der Waals surface area contributed by atoms with Gasteiger partial charge in [0.05, 0.1) is 18.2 Å². The number of halogens is 2. The second-order valence-electron chi connectivity index (χ2n) is 5.77. The number of carbonyl (C=O) groups is 1. The molecule has 1 fully saturated rings. The number of likely N-dealkylation sites (tertiary alicyclic amines) is 1. The van der Waals surface area contributed by atoms with Crippen molar-refractivity contribution in [2.24, 2.45) is 0 Å². The van der Waals surface area contributed by atoms with Gasteiger partial charge in [-0.25, -0.2) is 8.78 Å². The van der Waals surface area contributed by atoms with Gasteiger partial charge in [-0.3, -0.25) is 9.78 Å². The van der Waals surface area contributed by atoms with Gasteiger partial charge in [0.1, 0.15) is 0 Å². The average molecular weight is 316 g/mol. The van der Waals surface area contributed by atoms with Crippen molar-refractivity contribution in [1.29, 1.82) is 0 Å². The van der Waals surface area contributed by atoms with Crippen LogP contribution in [0.1, 0.15) is 36.4 Å². The Kier molecular flexibility index (Phi) is 4.65. The number of rotatable bonds is 3. The molecule has 1 aliphatic rings. The molecule has 5 heteroatoms. The summed E-state index contributed by atoms with van der Waals surface area (Å²) in [5.41, 5.74) is 0.948. The Balaban J connectivity index is 1.86. The zero-order valence-electron chi connectivity index (χ0n) is 12.7. The molecule has 0 radical (unpaired) electrons. The molecule has 2 aromatic rings. The molecule has 23 heavy (non-hydrogen) atoms. The zero-order chi connectivity index (χ0) is 16.2. The third-order valence-corrected chi connectivity index (χ3v) is 4.22. The van der Waals surface area contributed by atoms with Gasteiger partial charge in [0.2, 0.25) is 5.91 Å². The second kappa shape index (κ2) is 6.86. The number of carbonyl (C=O) groups excluding carboxylic acids is 1. The van der Waals surface area contributed by atoms with E-state index in [2.05, 4.69) is 4.98 Å². The summed E-state index contributed by atoms with van der Waals surface area (Å²) in [6.45, 7) is 1.01. The van der Waals surface area contributed by atoms with Crippen LogP contribution in [-0.2, 0) is 11.3 Å². The van der Waals surface area contributed by atoms with E-state index in [1.807, 2.05) is 18.2 Å². The van der Waals surface area contributed by atoms with E-state index in [9.17, 15) is 13.6 Å². The van der Waals surface area contributed by atoms with Crippen molar-refractivity contribution in [1.82, 2.24) is 9.88 Å². The van der Waals surface area contributed by atoms with Gasteiger partial charge in [-0.05, 0) is 31.0 Å². The molecule has 1 unspecified atom stereocenters. The quantitative estimate of drug-likeness (QED) is 0.866. The molecule has 1 aromatic carbocycles. The lowest BCUT2D eigenvalue weighted by molar-refractivity contribution is -0.133. The van der Waals surface area contributed by atoms with Crippen molar-refractivity contribution >= 4 is 5.91 Å². The highest BCUT2D eigenvalue weighted by atomic mass is 19.2. The molecular formula is C18H18F2N2O. The molecule has 3 nitrogen and oxygen atoms in total. The maximum atomic E-state index is 14.1. The van der Waals surface area contributed by atoms with Crippen LogP contribution in [0.25, 0.3) is 0 Å². The number of nitrogens with zero attached hydrogens (tertiary/aromatic N) is 2. The highest BCUT2D eigenvalue weighted by Crippen LogP contribution is 2.30. The Morgan fingerprint density at radius 3 is 2.78 bits per heavy atom. The Labute approximate surface area is 134 Å². The largest absolute Gasteiger partial charge is 0.336 e. The van der Waals surface area contributed by atoms with E-state index < -0.39 is 17.6 Å². The number of pyridine rings is 1. The molecule has 1 atom stereocenters. The van der Waals surface area contributed by atoms with E-state index >= 15 is 0 Å². The highest BCUT2D eigenvalue weighted by molar-refractivity contribution is 5.84. The van der Waals surface area contributed by atoms with E-state index in [0.29, 0.717) is 19.5 Å². The summed E-state index contributed by atoms with van der Waals surface area (Å²) in [4.78, 5) is 18.8. The van der Waals surface area contributed by atoms with Crippen LogP contribution in [0, 0.1) is 11.6 Å². The Morgan fingerprint density at radius 2 is 2.00 bits per heavy atom. The molecular weight excluding hydrogens is 298 g/mol. The summed E-state index contributed by atoms with van der Waals surface area (Å²) >= 11 is 0. The summed E-state index contributed by atoms with van der Waals surface area (Å²) in [6.07, 6.45) is 3.89. The van der Waals surface area contributed by atoms with Crippen molar-refractivity contribution in [3.05, 3.63) is 65.5 Å². The van der Waals surface area contributed by atoms with Crippen LogP contribution < -0.4 is 0 Å². The molecule has 3 rings (SSSR count). The van der Waals surface area contributed by atoms with Gasteiger partial charge in [-0.15, -0.1) is 0 Å². The summed E-state index contributed by atoms with van der Waals surface area (Å²) in [5, 5.41) is 0. The minimum Gasteiger partial charge on any atom is -0.336 e. The lowest BCUT2D eigenvalue weighted by Crippen LogP contribution is -2.34. The number of aromatic nitrogens is 1. The van der Waals surface area contributed by atoms with Gasteiger partial charge in [0, 0.05) is 18.3 Å². The smallest absolute Gasteiger partial charge is 0.230 e. The number of hydrogen-bond acceptors (Lipinski definition) is 2. The van der Waals surface area contributed by atoms with Crippen LogP contribution >= 0.6 is 0 Å². The predicted molar refractivity (Wildman–Crippen MR) is 82.6 cm³/mol. The lowest BCUT2D eigenvalue weighted by atomic mass is 9.93. The Bertz CT molecular complexity index is 691. The van der Waals surface area contributed by atoms with E-state index in [1.165, 1.54) is 12.1 Å². The number of hydrogen-bond donors (Lipinski definition) is 0. The first kappa shape index (κ1) is 15.6. The van der Waals surface area contributed by atoms with Gasteiger partial charge in [-0.2, -0.15) is 0 Å². The van der Waals surface area contributed by atoms with Gasteiger partial charge in [0.25, 0.3) is 0 Å². The molecule has 0 bridgehead atoms. The average Bonchev–Trinajstić information content (AvgIpc) is 2.74. The molecule has 0 spiro atoms. The van der Waals surface area contributed by atoms with E-state index in [0.717, 1.165) is 24.6 Å². The van der Waals surface area contributed by atoms with E-state index in [1.54, 1.807) is 11.1 Å². The normalized spacial score (nSPS) is 18.8. The van der Waals surface area contributed by atoms with Crippen molar-refractivity contribution in [2.75, 3.05) is 6.54 Å². The first-order valence-electron chi connectivity index (χ1n) is 7.79. The molecule has 1 saturated heterocycles. The third-order valence-electron chi connectivity index (χ3n) is 4.22. The van der Waals surface area contributed by atoms with Crippen LogP contribution in [-0.4, -0.2) is 22.3 Å². The maximum absolute atomic E-state index is 14.1. The lowest BCUT2D eigenvalue weighted by Gasteiger charge is -2.24. The van der Waals surface area contributed by atoms with Crippen LogP contribution in [0.3, 0.4) is 0 Å². The van der Waals surface area contributed by atoms with E-state index in [4.69, 9.17) is 0 Å². The van der Waals surface area contributed by atoms with Crippen molar-refractivity contribution in [2.45, 2.75) is 31.7 Å². The summed E-state index contributed by atoms with van der Waals surface area (Å²) < 4.78 is 27.6. The molecule has 120 valence electrons. The zero-order valence-corrected chi connectivity index (χ0v) is 12.7. The highest BCUT2D eigenvalue weighted by Gasteiger charge is 2.31. The van der Waals surface area contributed by atoms with Crippen molar-refractivity contribution in [3.63, 3.8) is 0 Å². The van der Waals surface area contributed by atoms with Gasteiger partial charge in [-0.1, -0.05) is 24.6 Å². The standard InChI is InChI=1S/C18H18F2N2O/c19-16-9-5-8-14(17(16)20)15-7-2-4-11-22(18(15)23)12-13-6-1-3-10-21-13/h1,3,5-6,8-10,15H,2,4,7,11-12H2. The van der Waals surface area contributed by atoms with Crippen LogP contribution in [0.15, 0.2) is 42.6 Å². The number of amides is 1. The van der Waals surface area contributed by atoms with Crippen molar-refractivity contribution in [3.8, 4) is 0 Å². The third kappa shape index (κ3) is 3.38. The molecule has 2 heterocycles. The fourth-order valence-corrected chi connectivity index (χ4v) is 3.03. The van der Waals surface area contributed by atoms with Crippen LogP contribution in [0.2, 0.25) is 0 Å². The second-order valence-corrected chi connectivity index (χ2v) is 5.77. The van der Waals surface area contributed by atoms with Crippen LogP contribution in [0.4, 0.5) is 8.78 Å². The molecule has 0 N–H and O–H groups in total. The summed E-state index contributed by atoms with van der Waals surface area (Å²) in [6, 6.07) is 9.58. The minimum absolute atomic E-state index is 0.155. The van der Waals surface area contributed by atoms with Crippen LogP contribution in [0.5, 0.6) is 0 Å². The Hall–Kier alpha value is -2.30. The van der Waals surface area contributed by atoms with Gasteiger partial charge < -0.3 is 4.90 Å². The minimum atomic E-state index is -0.912. The molecule has 1 amide bonds. The predicted octanol–water partition coefficient (Wildman–Crippen LogP) is 3.66. The first-order valence-corrected chi connectivity index (χ1v) is 7.79. The summed E-state index contributed by atoms with van der Waals surface area (Å²) in [5.74, 6) is -2.60. The van der Waals surface area contributed by atoms with Crippen molar-refractivity contribution < 1.29 is 13.6 Å². The number of benzene rings is 1.